The number of pyridine rings is 2. The number of nitrogens with one attached hydrogen (secondary N) is 1. The summed E-state index contributed by atoms with van der Waals surface area (Å²) < 4.78 is 5.48. The second kappa shape index (κ2) is 9.94. The first-order valence-electron chi connectivity index (χ1n) is 11.0. The fourth-order valence-corrected chi connectivity index (χ4v) is 4.44. The third-order valence-corrected chi connectivity index (χ3v) is 6.42. The third-order valence-electron chi connectivity index (χ3n) is 5.63. The van der Waals surface area contributed by atoms with Crippen molar-refractivity contribution in [2.45, 2.75) is 18.8 Å². The van der Waals surface area contributed by atoms with E-state index in [9.17, 15) is 9.59 Å². The molecule has 0 saturated carbocycles. The van der Waals surface area contributed by atoms with Crippen LogP contribution in [0.25, 0.3) is 22.0 Å². The summed E-state index contributed by atoms with van der Waals surface area (Å²) >= 11 is 1.45. The normalized spacial score (nSPS) is 15.5. The summed E-state index contributed by atoms with van der Waals surface area (Å²) in [5.74, 6) is 0.783. The molecule has 10 nitrogen and oxygen atoms in total. The van der Waals surface area contributed by atoms with Crippen molar-refractivity contribution in [3.8, 4) is 22.0 Å². The first kappa shape index (κ1) is 22.5. The molecule has 4 aromatic heterocycles. The number of piperidine rings is 1. The van der Waals surface area contributed by atoms with E-state index in [0.29, 0.717) is 41.9 Å². The maximum absolute atomic E-state index is 12.7. The van der Waals surface area contributed by atoms with Gasteiger partial charge in [0.1, 0.15) is 11.5 Å². The van der Waals surface area contributed by atoms with Crippen molar-refractivity contribution >= 4 is 29.0 Å². The number of amides is 2. The molecular formula is C24H21N7O3S. The first-order valence-corrected chi connectivity index (χ1v) is 11.9. The molecule has 0 aromatic carbocycles. The minimum atomic E-state index is -0.366. The van der Waals surface area contributed by atoms with Crippen LogP contribution in [0.5, 0.6) is 0 Å². The van der Waals surface area contributed by atoms with Gasteiger partial charge in [0.2, 0.25) is 17.6 Å². The van der Waals surface area contributed by atoms with Crippen LogP contribution < -0.4 is 5.32 Å². The fraction of sp³-hybridized carbons (Fsp3) is 0.208. The molecule has 11 heteroatoms. The Hall–Kier alpha value is -4.25. The summed E-state index contributed by atoms with van der Waals surface area (Å²) in [6, 6.07) is 8.68. The first-order chi connectivity index (χ1) is 17.1. The van der Waals surface area contributed by atoms with Crippen LogP contribution >= 0.6 is 11.3 Å². The Morgan fingerprint density at radius 2 is 2.11 bits per heavy atom. The van der Waals surface area contributed by atoms with Gasteiger partial charge in [-0.25, -0.2) is 9.97 Å². The van der Waals surface area contributed by atoms with Crippen LogP contribution in [0.15, 0.2) is 65.4 Å². The monoisotopic (exact) mass is 487 g/mol. The predicted molar refractivity (Wildman–Crippen MR) is 130 cm³/mol. The SMILES string of the molecule is C=CC(=O)N1CCC[C@H](c2nc(-c3ccc(NC(=O)c4cccc(-c5cncs5)n4)nc3)no2)C1. The quantitative estimate of drug-likeness (QED) is 0.407. The van der Waals surface area contributed by atoms with Gasteiger partial charge < -0.3 is 14.7 Å². The Morgan fingerprint density at radius 1 is 1.20 bits per heavy atom. The van der Waals surface area contributed by atoms with E-state index in [-0.39, 0.29) is 23.4 Å². The molecule has 0 unspecified atom stereocenters. The van der Waals surface area contributed by atoms with Gasteiger partial charge in [0.15, 0.2) is 0 Å². The lowest BCUT2D eigenvalue weighted by Gasteiger charge is -2.30. The Labute approximate surface area is 204 Å². The topological polar surface area (TPSA) is 127 Å². The number of carbonyl (C=O) groups is 2. The van der Waals surface area contributed by atoms with E-state index in [2.05, 4.69) is 37.0 Å². The highest BCUT2D eigenvalue weighted by molar-refractivity contribution is 7.13. The summed E-state index contributed by atoms with van der Waals surface area (Å²) in [7, 11) is 0. The number of rotatable bonds is 6. The molecule has 0 bridgehead atoms. The standard InChI is InChI=1S/C24H21N7O3S/c1-2-21(32)31-10-4-5-16(13-31)24-29-22(30-34-24)15-8-9-20(26-11-15)28-23(33)18-7-3-6-17(27-18)19-12-25-14-35-19/h2-3,6-9,11-12,14,16H,1,4-5,10,13H2,(H,26,28,33)/t16-/m0/s1. The van der Waals surface area contributed by atoms with E-state index in [1.165, 1.54) is 17.4 Å². The maximum atomic E-state index is 12.7. The maximum Gasteiger partial charge on any atom is 0.275 e. The van der Waals surface area contributed by atoms with Crippen molar-refractivity contribution in [2.24, 2.45) is 0 Å². The molecule has 1 saturated heterocycles. The molecule has 5 heterocycles. The average Bonchev–Trinajstić information content (AvgIpc) is 3.62. The Morgan fingerprint density at radius 3 is 2.89 bits per heavy atom. The number of hydrogen-bond donors (Lipinski definition) is 1. The number of nitrogens with zero attached hydrogens (tertiary/aromatic N) is 6. The van der Waals surface area contributed by atoms with Gasteiger partial charge >= 0.3 is 0 Å². The van der Waals surface area contributed by atoms with Gasteiger partial charge in [-0.05, 0) is 43.2 Å². The van der Waals surface area contributed by atoms with E-state index < -0.39 is 0 Å². The summed E-state index contributed by atoms with van der Waals surface area (Å²) in [5, 5.41) is 6.83. The van der Waals surface area contributed by atoms with Gasteiger partial charge in [-0.3, -0.25) is 14.6 Å². The van der Waals surface area contributed by atoms with Crippen molar-refractivity contribution < 1.29 is 14.1 Å². The van der Waals surface area contributed by atoms with Gasteiger partial charge in [-0.1, -0.05) is 17.8 Å². The number of thiazole rings is 1. The molecule has 35 heavy (non-hydrogen) atoms. The van der Waals surface area contributed by atoms with Gasteiger partial charge in [0, 0.05) is 31.0 Å². The van der Waals surface area contributed by atoms with E-state index in [1.54, 1.807) is 47.1 Å². The van der Waals surface area contributed by atoms with Crippen molar-refractivity contribution in [3.63, 3.8) is 0 Å². The van der Waals surface area contributed by atoms with Crippen molar-refractivity contribution in [2.75, 3.05) is 18.4 Å². The lowest BCUT2D eigenvalue weighted by Crippen LogP contribution is -2.38. The second-order valence-electron chi connectivity index (χ2n) is 7.94. The number of aromatic nitrogens is 5. The molecule has 1 N–H and O–H groups in total. The molecule has 0 radical (unpaired) electrons. The Bertz CT molecular complexity index is 1350. The fourth-order valence-electron chi connectivity index (χ4n) is 3.85. The molecule has 1 aliphatic rings. The molecule has 176 valence electrons. The van der Waals surface area contributed by atoms with Crippen molar-refractivity contribution in [1.29, 1.82) is 0 Å². The number of likely N-dealkylation sites (tertiary alicyclic amines) is 1. The van der Waals surface area contributed by atoms with Crippen LogP contribution in [0.2, 0.25) is 0 Å². The van der Waals surface area contributed by atoms with Crippen LogP contribution in [-0.2, 0) is 4.79 Å². The van der Waals surface area contributed by atoms with Gasteiger partial charge in [0.05, 0.1) is 22.0 Å². The molecule has 1 aliphatic heterocycles. The van der Waals surface area contributed by atoms with Crippen LogP contribution in [0.4, 0.5) is 5.82 Å². The molecule has 1 atom stereocenters. The van der Waals surface area contributed by atoms with E-state index in [1.807, 2.05) is 6.07 Å². The summed E-state index contributed by atoms with van der Waals surface area (Å²) in [4.78, 5) is 44.5. The van der Waals surface area contributed by atoms with Crippen LogP contribution in [0, 0.1) is 0 Å². The summed E-state index contributed by atoms with van der Waals surface area (Å²) in [6.07, 6.45) is 6.33. The van der Waals surface area contributed by atoms with Crippen LogP contribution in [0.3, 0.4) is 0 Å². The highest BCUT2D eigenvalue weighted by atomic mass is 32.1. The summed E-state index contributed by atoms with van der Waals surface area (Å²) in [6.45, 7) is 4.77. The van der Waals surface area contributed by atoms with Gasteiger partial charge in [-0.15, -0.1) is 11.3 Å². The van der Waals surface area contributed by atoms with Gasteiger partial charge in [0.25, 0.3) is 5.91 Å². The average molecular weight is 488 g/mol. The number of hydrogen-bond acceptors (Lipinski definition) is 9. The predicted octanol–water partition coefficient (Wildman–Crippen LogP) is 3.79. The second-order valence-corrected chi connectivity index (χ2v) is 8.83. The van der Waals surface area contributed by atoms with Crippen molar-refractivity contribution in [1.82, 2.24) is 30.0 Å². The minimum Gasteiger partial charge on any atom is -0.339 e. The van der Waals surface area contributed by atoms with Crippen LogP contribution in [0.1, 0.15) is 35.1 Å². The van der Waals surface area contributed by atoms with E-state index in [0.717, 1.165) is 17.7 Å². The number of carbonyl (C=O) groups excluding carboxylic acids is 2. The largest absolute Gasteiger partial charge is 0.339 e. The minimum absolute atomic E-state index is 0.0198. The zero-order valence-electron chi connectivity index (χ0n) is 18.6. The van der Waals surface area contributed by atoms with Crippen LogP contribution in [-0.4, -0.2) is 54.9 Å². The molecule has 4 aromatic rings. The van der Waals surface area contributed by atoms with Crippen molar-refractivity contribution in [3.05, 3.63) is 72.5 Å². The van der Waals surface area contributed by atoms with E-state index in [4.69, 9.17) is 4.52 Å². The smallest absolute Gasteiger partial charge is 0.275 e. The summed E-state index contributed by atoms with van der Waals surface area (Å²) in [5.41, 5.74) is 3.33. The zero-order valence-corrected chi connectivity index (χ0v) is 19.4. The third kappa shape index (κ3) is 4.99. The van der Waals surface area contributed by atoms with Gasteiger partial charge in [-0.2, -0.15) is 4.98 Å². The highest BCUT2D eigenvalue weighted by Crippen LogP contribution is 2.28. The molecule has 2 amide bonds. The Balaban J connectivity index is 1.25. The molecule has 0 aliphatic carbocycles. The van der Waals surface area contributed by atoms with E-state index >= 15 is 0 Å². The zero-order chi connectivity index (χ0) is 24.2. The molecule has 0 spiro atoms. The molecular weight excluding hydrogens is 466 g/mol. The molecule has 5 rings (SSSR count). The Kier molecular flexibility index (Phi) is 6.40. The molecule has 1 fully saturated rings. The highest BCUT2D eigenvalue weighted by Gasteiger charge is 2.28. The number of anilines is 1. The lowest BCUT2D eigenvalue weighted by atomic mass is 9.98. The lowest BCUT2D eigenvalue weighted by molar-refractivity contribution is -0.127.